The van der Waals surface area contributed by atoms with Gasteiger partial charge in [0, 0.05) is 6.61 Å². The first-order chi connectivity index (χ1) is 4.93. The zero-order valence-corrected chi connectivity index (χ0v) is 6.81. The summed E-state index contributed by atoms with van der Waals surface area (Å²) in [5, 5.41) is 0. The van der Waals surface area contributed by atoms with Crippen molar-refractivity contribution in [3.05, 3.63) is 6.42 Å². The highest BCUT2D eigenvalue weighted by atomic mass is 16.5. The van der Waals surface area contributed by atoms with Crippen LogP contribution in [0.4, 0.5) is 0 Å². The minimum Gasteiger partial charge on any atom is -0.378 e. The molecule has 0 unspecified atom stereocenters. The van der Waals surface area contributed by atoms with Crippen LogP contribution < -0.4 is 0 Å². The Bertz CT molecular complexity index is 74.8. The van der Waals surface area contributed by atoms with Crippen LogP contribution in [0.15, 0.2) is 0 Å². The summed E-state index contributed by atoms with van der Waals surface area (Å²) in [5.74, 6) is 0. The maximum absolute atomic E-state index is 5.61. The van der Waals surface area contributed by atoms with Crippen LogP contribution in [-0.2, 0) is 4.74 Å². The Morgan fingerprint density at radius 2 is 2.10 bits per heavy atom. The molecule has 0 bridgehead atoms. The number of hydrogen-bond donors (Lipinski definition) is 0. The molecule has 10 heavy (non-hydrogen) atoms. The molecule has 0 aliphatic heterocycles. The second-order valence-electron chi connectivity index (χ2n) is 2.94. The van der Waals surface area contributed by atoms with Crippen LogP contribution in [0.3, 0.4) is 0 Å². The SMILES string of the molecule is CCCOC1CC[CH]CC1. The average molecular weight is 141 g/mol. The monoisotopic (exact) mass is 141 g/mol. The van der Waals surface area contributed by atoms with Gasteiger partial charge in [0.2, 0.25) is 0 Å². The predicted octanol–water partition coefficient (Wildman–Crippen LogP) is 2.56. The quantitative estimate of drug-likeness (QED) is 0.587. The minimum atomic E-state index is 0.574. The van der Waals surface area contributed by atoms with Crippen molar-refractivity contribution in [2.75, 3.05) is 6.61 Å². The van der Waals surface area contributed by atoms with Gasteiger partial charge in [-0.05, 0) is 38.5 Å². The van der Waals surface area contributed by atoms with Crippen molar-refractivity contribution in [3.8, 4) is 0 Å². The molecule has 0 heterocycles. The molecule has 59 valence electrons. The van der Waals surface area contributed by atoms with E-state index in [1.54, 1.807) is 0 Å². The van der Waals surface area contributed by atoms with Gasteiger partial charge in [-0.2, -0.15) is 0 Å². The van der Waals surface area contributed by atoms with Crippen LogP contribution in [0.25, 0.3) is 0 Å². The van der Waals surface area contributed by atoms with Gasteiger partial charge in [-0.3, -0.25) is 0 Å². The molecular formula is C9H17O. The van der Waals surface area contributed by atoms with Crippen molar-refractivity contribution in [1.82, 2.24) is 0 Å². The van der Waals surface area contributed by atoms with Gasteiger partial charge in [-0.25, -0.2) is 0 Å². The highest BCUT2D eigenvalue weighted by molar-refractivity contribution is 4.76. The lowest BCUT2D eigenvalue weighted by atomic mass is 9.98. The summed E-state index contributed by atoms with van der Waals surface area (Å²) in [5.41, 5.74) is 0. The average Bonchev–Trinajstić information content (AvgIpc) is 2.03. The van der Waals surface area contributed by atoms with Gasteiger partial charge in [-0.1, -0.05) is 6.92 Å². The Morgan fingerprint density at radius 1 is 1.40 bits per heavy atom. The van der Waals surface area contributed by atoms with E-state index in [0.29, 0.717) is 6.10 Å². The third kappa shape index (κ3) is 2.70. The van der Waals surface area contributed by atoms with Gasteiger partial charge < -0.3 is 4.74 Å². The number of ether oxygens (including phenoxy) is 1. The lowest BCUT2D eigenvalue weighted by Gasteiger charge is -2.21. The lowest BCUT2D eigenvalue weighted by molar-refractivity contribution is 0.0353. The summed E-state index contributed by atoms with van der Waals surface area (Å²) in [7, 11) is 0. The van der Waals surface area contributed by atoms with Gasteiger partial charge in [0.1, 0.15) is 0 Å². The molecule has 0 aromatic heterocycles. The molecule has 0 aromatic rings. The van der Waals surface area contributed by atoms with Crippen LogP contribution in [0.2, 0.25) is 0 Å². The van der Waals surface area contributed by atoms with Gasteiger partial charge in [0.15, 0.2) is 0 Å². The Kier molecular flexibility index (Phi) is 3.81. The first kappa shape index (κ1) is 8.06. The van der Waals surface area contributed by atoms with Crippen molar-refractivity contribution in [3.63, 3.8) is 0 Å². The van der Waals surface area contributed by atoms with Crippen LogP contribution in [0.1, 0.15) is 39.0 Å². The second kappa shape index (κ2) is 4.73. The Balaban J connectivity index is 2.02. The molecule has 1 rings (SSSR count). The van der Waals surface area contributed by atoms with Crippen LogP contribution in [-0.4, -0.2) is 12.7 Å². The van der Waals surface area contributed by atoms with Crippen molar-refractivity contribution < 1.29 is 4.74 Å². The highest BCUT2D eigenvalue weighted by Crippen LogP contribution is 2.19. The third-order valence-corrected chi connectivity index (χ3v) is 1.94. The van der Waals surface area contributed by atoms with E-state index < -0.39 is 0 Å². The van der Waals surface area contributed by atoms with Gasteiger partial charge in [-0.15, -0.1) is 0 Å². The summed E-state index contributed by atoms with van der Waals surface area (Å²) in [6.45, 7) is 3.11. The van der Waals surface area contributed by atoms with Crippen LogP contribution in [0, 0.1) is 6.42 Å². The molecule has 1 fully saturated rings. The van der Waals surface area contributed by atoms with E-state index in [0.717, 1.165) is 13.0 Å². The largest absolute Gasteiger partial charge is 0.378 e. The van der Waals surface area contributed by atoms with Crippen molar-refractivity contribution in [1.29, 1.82) is 0 Å². The van der Waals surface area contributed by atoms with E-state index in [1.165, 1.54) is 25.7 Å². The molecule has 0 amide bonds. The van der Waals surface area contributed by atoms with E-state index >= 15 is 0 Å². The topological polar surface area (TPSA) is 9.23 Å². The molecule has 1 aliphatic rings. The second-order valence-corrected chi connectivity index (χ2v) is 2.94. The third-order valence-electron chi connectivity index (χ3n) is 1.94. The fourth-order valence-electron chi connectivity index (χ4n) is 1.35. The molecule has 0 spiro atoms. The molecule has 0 atom stereocenters. The van der Waals surface area contributed by atoms with Gasteiger partial charge in [0.25, 0.3) is 0 Å². The van der Waals surface area contributed by atoms with Gasteiger partial charge >= 0.3 is 0 Å². The van der Waals surface area contributed by atoms with E-state index in [1.807, 2.05) is 0 Å². The minimum absolute atomic E-state index is 0.574. The maximum Gasteiger partial charge on any atom is 0.0575 e. The van der Waals surface area contributed by atoms with E-state index in [2.05, 4.69) is 13.3 Å². The normalized spacial score (nSPS) is 21.3. The lowest BCUT2D eigenvalue weighted by Crippen LogP contribution is -2.16. The molecule has 1 nitrogen and oxygen atoms in total. The maximum atomic E-state index is 5.61. The fourth-order valence-corrected chi connectivity index (χ4v) is 1.35. The Hall–Kier alpha value is -0.0400. The molecule has 1 heteroatoms. The summed E-state index contributed by atoms with van der Waals surface area (Å²) in [6, 6.07) is 0. The molecule has 1 aliphatic carbocycles. The predicted molar refractivity (Wildman–Crippen MR) is 42.8 cm³/mol. The fraction of sp³-hybridized carbons (Fsp3) is 0.889. The standard InChI is InChI=1S/C9H17O/c1-2-8-10-9-6-4-3-5-7-9/h3,9H,2,4-8H2,1H3. The van der Waals surface area contributed by atoms with Crippen molar-refractivity contribution in [2.45, 2.75) is 45.1 Å². The van der Waals surface area contributed by atoms with Crippen LogP contribution in [0.5, 0.6) is 0 Å². The zero-order valence-electron chi connectivity index (χ0n) is 6.81. The molecular weight excluding hydrogens is 124 g/mol. The van der Waals surface area contributed by atoms with Crippen LogP contribution >= 0.6 is 0 Å². The van der Waals surface area contributed by atoms with E-state index in [4.69, 9.17) is 4.74 Å². The highest BCUT2D eigenvalue weighted by Gasteiger charge is 2.12. The first-order valence-corrected chi connectivity index (χ1v) is 4.36. The Morgan fingerprint density at radius 3 is 2.70 bits per heavy atom. The van der Waals surface area contributed by atoms with Gasteiger partial charge in [0.05, 0.1) is 6.10 Å². The van der Waals surface area contributed by atoms with Crippen molar-refractivity contribution >= 4 is 0 Å². The summed E-state index contributed by atoms with van der Waals surface area (Å²) in [6.07, 6.45) is 9.11. The molecule has 1 saturated carbocycles. The van der Waals surface area contributed by atoms with E-state index in [-0.39, 0.29) is 0 Å². The smallest absolute Gasteiger partial charge is 0.0575 e. The Labute approximate surface area is 63.8 Å². The summed E-state index contributed by atoms with van der Waals surface area (Å²) >= 11 is 0. The van der Waals surface area contributed by atoms with E-state index in [9.17, 15) is 0 Å². The number of hydrogen-bond acceptors (Lipinski definition) is 1. The summed E-state index contributed by atoms with van der Waals surface area (Å²) in [4.78, 5) is 0. The zero-order chi connectivity index (χ0) is 7.23. The molecule has 1 radical (unpaired) electrons. The van der Waals surface area contributed by atoms with Crippen molar-refractivity contribution in [2.24, 2.45) is 0 Å². The number of rotatable bonds is 3. The molecule has 0 aromatic carbocycles. The molecule has 0 saturated heterocycles. The molecule has 0 N–H and O–H groups in total. The first-order valence-electron chi connectivity index (χ1n) is 4.36. The summed E-state index contributed by atoms with van der Waals surface area (Å²) < 4.78 is 5.61.